The van der Waals surface area contributed by atoms with E-state index in [0.717, 1.165) is 22.5 Å². The monoisotopic (exact) mass is 481 g/mol. The molecule has 29 heavy (non-hydrogen) atoms. The Labute approximate surface area is 177 Å². The van der Waals surface area contributed by atoms with Crippen LogP contribution in [0.4, 0.5) is 5.69 Å². The summed E-state index contributed by atoms with van der Waals surface area (Å²) in [5.41, 5.74) is 4.52. The number of sulfonamides is 1. The summed E-state index contributed by atoms with van der Waals surface area (Å²) in [7, 11) is -3.64. The molecule has 0 spiro atoms. The number of ether oxygens (including phenoxy) is 2. The van der Waals surface area contributed by atoms with Crippen LogP contribution in [-0.2, 0) is 21.2 Å². The molecular formula is C19H20BrN3O5S. The molecule has 3 rings (SSSR count). The lowest BCUT2D eigenvalue weighted by Gasteiger charge is -2.21. The molecule has 0 aromatic heterocycles. The molecule has 8 nitrogen and oxygen atoms in total. The average molecular weight is 482 g/mol. The van der Waals surface area contributed by atoms with Crippen LogP contribution in [0.1, 0.15) is 18.1 Å². The molecule has 1 amide bonds. The first-order valence-corrected chi connectivity index (χ1v) is 11.4. The summed E-state index contributed by atoms with van der Waals surface area (Å²) in [5, 5.41) is 3.91. The molecule has 0 fully saturated rings. The summed E-state index contributed by atoms with van der Waals surface area (Å²) >= 11 is 3.40. The largest absolute Gasteiger partial charge is 0.454 e. The Hall–Kier alpha value is -2.59. The second-order valence-corrected chi connectivity index (χ2v) is 9.07. The van der Waals surface area contributed by atoms with E-state index in [9.17, 15) is 13.2 Å². The van der Waals surface area contributed by atoms with E-state index in [1.165, 1.54) is 6.21 Å². The number of rotatable bonds is 7. The number of hydrazone groups is 1. The minimum atomic E-state index is -3.64. The maximum atomic E-state index is 12.3. The SMILES string of the molecule is CCc1ccc(N(CC(=O)N/N=C\c2cc3c(cc2Br)OCO3)S(C)(=O)=O)cc1. The molecule has 0 aliphatic carbocycles. The van der Waals surface area contributed by atoms with Crippen molar-refractivity contribution in [3.8, 4) is 11.5 Å². The highest BCUT2D eigenvalue weighted by atomic mass is 79.9. The first-order chi connectivity index (χ1) is 13.8. The minimum Gasteiger partial charge on any atom is -0.454 e. The van der Waals surface area contributed by atoms with Gasteiger partial charge in [0, 0.05) is 10.0 Å². The van der Waals surface area contributed by atoms with E-state index in [1.807, 2.05) is 19.1 Å². The Morgan fingerprint density at radius 1 is 1.24 bits per heavy atom. The van der Waals surface area contributed by atoms with Gasteiger partial charge in [0.25, 0.3) is 5.91 Å². The van der Waals surface area contributed by atoms with Crippen molar-refractivity contribution in [2.24, 2.45) is 5.10 Å². The molecule has 0 saturated carbocycles. The van der Waals surface area contributed by atoms with Gasteiger partial charge in [0.2, 0.25) is 16.8 Å². The topological polar surface area (TPSA) is 97.3 Å². The number of nitrogens with zero attached hydrogens (tertiary/aromatic N) is 2. The molecule has 1 heterocycles. The third-order valence-electron chi connectivity index (χ3n) is 4.20. The van der Waals surface area contributed by atoms with Crippen LogP contribution in [0.15, 0.2) is 46.0 Å². The number of aryl methyl sites for hydroxylation is 1. The Morgan fingerprint density at radius 2 is 1.90 bits per heavy atom. The van der Waals surface area contributed by atoms with E-state index >= 15 is 0 Å². The third kappa shape index (κ3) is 5.27. The number of fused-ring (bicyclic) bond motifs is 1. The van der Waals surface area contributed by atoms with Crippen molar-refractivity contribution >= 4 is 43.8 Å². The number of amides is 1. The fourth-order valence-corrected chi connectivity index (χ4v) is 3.95. The number of carbonyl (C=O) groups excluding carboxylic acids is 1. The van der Waals surface area contributed by atoms with Crippen LogP contribution in [0.2, 0.25) is 0 Å². The lowest BCUT2D eigenvalue weighted by Crippen LogP contribution is -2.39. The summed E-state index contributed by atoms with van der Waals surface area (Å²) in [6.07, 6.45) is 3.33. The number of carbonyl (C=O) groups is 1. The quantitative estimate of drug-likeness (QED) is 0.484. The van der Waals surface area contributed by atoms with Crippen LogP contribution in [0, 0.1) is 0 Å². The molecule has 0 saturated heterocycles. The van der Waals surface area contributed by atoms with Gasteiger partial charge in [-0.05, 0) is 52.2 Å². The normalized spacial score (nSPS) is 12.9. The van der Waals surface area contributed by atoms with E-state index in [-0.39, 0.29) is 13.3 Å². The zero-order valence-electron chi connectivity index (χ0n) is 15.9. The van der Waals surface area contributed by atoms with E-state index < -0.39 is 15.9 Å². The van der Waals surface area contributed by atoms with Gasteiger partial charge in [-0.2, -0.15) is 5.10 Å². The average Bonchev–Trinajstić information content (AvgIpc) is 3.12. The molecule has 1 aliphatic rings. The maximum absolute atomic E-state index is 12.3. The van der Waals surface area contributed by atoms with E-state index in [4.69, 9.17) is 9.47 Å². The Bertz CT molecular complexity index is 1040. The molecule has 0 unspecified atom stereocenters. The number of hydrogen-bond acceptors (Lipinski definition) is 6. The second kappa shape index (κ2) is 8.83. The predicted octanol–water partition coefficient (Wildman–Crippen LogP) is 2.66. The van der Waals surface area contributed by atoms with Crippen molar-refractivity contribution in [1.29, 1.82) is 0 Å². The van der Waals surface area contributed by atoms with Gasteiger partial charge in [0.15, 0.2) is 11.5 Å². The number of hydrogen-bond donors (Lipinski definition) is 1. The Balaban J connectivity index is 1.68. The maximum Gasteiger partial charge on any atom is 0.260 e. The molecule has 2 aromatic carbocycles. The first kappa shape index (κ1) is 21.1. The molecule has 1 aliphatic heterocycles. The predicted molar refractivity (Wildman–Crippen MR) is 114 cm³/mol. The van der Waals surface area contributed by atoms with Crippen molar-refractivity contribution in [2.45, 2.75) is 13.3 Å². The summed E-state index contributed by atoms with van der Waals surface area (Å²) in [4.78, 5) is 12.3. The highest BCUT2D eigenvalue weighted by Crippen LogP contribution is 2.36. The lowest BCUT2D eigenvalue weighted by molar-refractivity contribution is -0.119. The molecular weight excluding hydrogens is 462 g/mol. The standard InChI is InChI=1S/C19H20BrN3O5S/c1-3-13-4-6-15(7-5-13)23(29(2,25)26)11-19(24)22-21-10-14-8-17-18(9-16(14)20)28-12-27-17/h4-10H,3,11-12H2,1-2H3,(H,22,24)/b21-10-. The van der Waals surface area contributed by atoms with Gasteiger partial charge in [-0.15, -0.1) is 0 Å². The molecule has 154 valence electrons. The zero-order chi connectivity index (χ0) is 21.0. The molecule has 2 aromatic rings. The fraction of sp³-hybridized carbons (Fsp3) is 0.263. The number of halogens is 1. The van der Waals surface area contributed by atoms with E-state index in [1.54, 1.807) is 24.3 Å². The van der Waals surface area contributed by atoms with Crippen molar-refractivity contribution < 1.29 is 22.7 Å². The van der Waals surface area contributed by atoms with Crippen LogP contribution >= 0.6 is 15.9 Å². The molecule has 1 N–H and O–H groups in total. The number of nitrogens with one attached hydrogen (secondary N) is 1. The van der Waals surface area contributed by atoms with Crippen LogP contribution in [0.3, 0.4) is 0 Å². The third-order valence-corrected chi connectivity index (χ3v) is 6.03. The van der Waals surface area contributed by atoms with Gasteiger partial charge in [-0.3, -0.25) is 9.10 Å². The first-order valence-electron chi connectivity index (χ1n) is 8.75. The van der Waals surface area contributed by atoms with Gasteiger partial charge in [0.1, 0.15) is 6.54 Å². The minimum absolute atomic E-state index is 0.152. The molecule has 0 radical (unpaired) electrons. The smallest absolute Gasteiger partial charge is 0.260 e. The van der Waals surface area contributed by atoms with Gasteiger partial charge in [-0.25, -0.2) is 13.8 Å². The summed E-state index contributed by atoms with van der Waals surface area (Å²) < 4.78 is 36.6. The lowest BCUT2D eigenvalue weighted by atomic mass is 10.1. The highest BCUT2D eigenvalue weighted by Gasteiger charge is 2.21. The van der Waals surface area contributed by atoms with Gasteiger partial charge >= 0.3 is 0 Å². The van der Waals surface area contributed by atoms with Gasteiger partial charge in [0.05, 0.1) is 18.2 Å². The molecule has 0 atom stereocenters. The number of benzene rings is 2. The van der Waals surface area contributed by atoms with Crippen molar-refractivity contribution in [3.05, 3.63) is 52.0 Å². The van der Waals surface area contributed by atoms with Gasteiger partial charge < -0.3 is 9.47 Å². The van der Waals surface area contributed by atoms with E-state index in [2.05, 4.69) is 26.5 Å². The van der Waals surface area contributed by atoms with E-state index in [0.29, 0.717) is 27.2 Å². The number of anilines is 1. The van der Waals surface area contributed by atoms with Crippen molar-refractivity contribution in [1.82, 2.24) is 5.43 Å². The summed E-state index contributed by atoms with van der Waals surface area (Å²) in [5.74, 6) is 0.638. The van der Waals surface area contributed by atoms with Crippen LogP contribution < -0.4 is 19.2 Å². The Kier molecular flexibility index (Phi) is 6.43. The van der Waals surface area contributed by atoms with Gasteiger partial charge in [-0.1, -0.05) is 19.1 Å². The zero-order valence-corrected chi connectivity index (χ0v) is 18.3. The van der Waals surface area contributed by atoms with Crippen LogP contribution in [0.25, 0.3) is 0 Å². The molecule has 0 bridgehead atoms. The van der Waals surface area contributed by atoms with Crippen molar-refractivity contribution in [2.75, 3.05) is 23.9 Å². The van der Waals surface area contributed by atoms with Crippen LogP contribution in [-0.4, -0.2) is 40.1 Å². The fourth-order valence-electron chi connectivity index (χ4n) is 2.67. The second-order valence-electron chi connectivity index (χ2n) is 6.31. The Morgan fingerprint density at radius 3 is 2.52 bits per heavy atom. The van der Waals surface area contributed by atoms with Crippen LogP contribution in [0.5, 0.6) is 11.5 Å². The summed E-state index contributed by atoms with van der Waals surface area (Å²) in [6.45, 7) is 1.77. The van der Waals surface area contributed by atoms with Crippen molar-refractivity contribution in [3.63, 3.8) is 0 Å². The summed E-state index contributed by atoms with van der Waals surface area (Å²) in [6, 6.07) is 10.5. The highest BCUT2D eigenvalue weighted by molar-refractivity contribution is 9.10. The molecule has 10 heteroatoms.